The number of methoxy groups -OCH3 is 1. The number of thiazole rings is 1. The van der Waals surface area contributed by atoms with E-state index >= 15 is 0 Å². The highest BCUT2D eigenvalue weighted by Crippen LogP contribution is 2.35. The number of para-hydroxylation sites is 1. The number of halogens is 1. The van der Waals surface area contributed by atoms with E-state index in [-0.39, 0.29) is 22.1 Å². The van der Waals surface area contributed by atoms with Crippen molar-refractivity contribution in [3.63, 3.8) is 0 Å². The Bertz CT molecular complexity index is 1370. The molecule has 0 bridgehead atoms. The summed E-state index contributed by atoms with van der Waals surface area (Å²) in [6.07, 6.45) is 0. The average Bonchev–Trinajstić information content (AvgIpc) is 3.22. The molecular weight excluding hydrogens is 484 g/mol. The smallest absolute Gasteiger partial charge is 0.311 e. The van der Waals surface area contributed by atoms with Gasteiger partial charge in [-0.15, -0.1) is 11.3 Å². The molecule has 4 aromatic rings. The van der Waals surface area contributed by atoms with Crippen LogP contribution in [0.2, 0.25) is 5.02 Å². The Balaban J connectivity index is 1.46. The molecule has 166 valence electrons. The van der Waals surface area contributed by atoms with Gasteiger partial charge in [-0.3, -0.25) is 20.2 Å². The van der Waals surface area contributed by atoms with Crippen molar-refractivity contribution >= 4 is 67.8 Å². The first kappa shape index (κ1) is 22.6. The molecule has 4 rings (SSSR count). The number of carbonyl (C=O) groups excluding carboxylic acids is 1. The summed E-state index contributed by atoms with van der Waals surface area (Å²) in [5, 5.41) is 17.8. The van der Waals surface area contributed by atoms with E-state index in [0.29, 0.717) is 10.7 Å². The maximum atomic E-state index is 12.5. The molecule has 1 aromatic heterocycles. The molecule has 8 nitrogen and oxygen atoms in total. The Morgan fingerprint density at radius 1 is 1.18 bits per heavy atom. The number of fused-ring (bicyclic) bond motifs is 1. The molecule has 0 atom stereocenters. The molecular formula is C22H15ClN4O4S2. The second-order valence-corrected chi connectivity index (χ2v) is 8.58. The number of carbonyl (C=O) groups is 1. The number of amides is 1. The first-order valence-electron chi connectivity index (χ1n) is 9.46. The largest absolute Gasteiger partial charge is 0.490 e. The molecule has 33 heavy (non-hydrogen) atoms. The summed E-state index contributed by atoms with van der Waals surface area (Å²) in [6, 6.07) is 17.0. The van der Waals surface area contributed by atoms with Gasteiger partial charge in [0.2, 0.25) is 0 Å². The van der Waals surface area contributed by atoms with E-state index in [1.165, 1.54) is 19.2 Å². The van der Waals surface area contributed by atoms with Gasteiger partial charge in [0.05, 0.1) is 27.3 Å². The molecule has 2 N–H and O–H groups in total. The molecule has 0 unspecified atom stereocenters. The SMILES string of the molecule is COc1ccc(C(=O)NC(=S)Nc2ccc(-c3nc4ccccc4s3)c(Cl)c2)cc1[N+](=O)[O-]. The topological polar surface area (TPSA) is 106 Å². The molecule has 0 saturated heterocycles. The van der Waals surface area contributed by atoms with Gasteiger partial charge in [-0.25, -0.2) is 4.98 Å². The highest BCUT2D eigenvalue weighted by molar-refractivity contribution is 7.80. The van der Waals surface area contributed by atoms with Crippen molar-refractivity contribution in [3.8, 4) is 16.3 Å². The number of aromatic nitrogens is 1. The Morgan fingerprint density at radius 2 is 1.97 bits per heavy atom. The van der Waals surface area contributed by atoms with Gasteiger partial charge in [0.15, 0.2) is 10.9 Å². The maximum Gasteiger partial charge on any atom is 0.311 e. The quantitative estimate of drug-likeness (QED) is 0.208. The van der Waals surface area contributed by atoms with Crippen molar-refractivity contribution in [1.29, 1.82) is 0 Å². The molecule has 0 radical (unpaired) electrons. The van der Waals surface area contributed by atoms with E-state index in [1.807, 2.05) is 30.3 Å². The Kier molecular flexibility index (Phi) is 6.50. The number of hydrogen-bond donors (Lipinski definition) is 2. The fourth-order valence-electron chi connectivity index (χ4n) is 3.07. The zero-order chi connectivity index (χ0) is 23.5. The summed E-state index contributed by atoms with van der Waals surface area (Å²) in [4.78, 5) is 27.6. The minimum absolute atomic E-state index is 0.0160. The Hall–Kier alpha value is -3.60. The summed E-state index contributed by atoms with van der Waals surface area (Å²) < 4.78 is 6.01. The van der Waals surface area contributed by atoms with Crippen LogP contribution in [0.3, 0.4) is 0 Å². The van der Waals surface area contributed by atoms with Crippen molar-refractivity contribution < 1.29 is 14.5 Å². The third-order valence-corrected chi connectivity index (χ3v) is 6.20. The molecule has 0 aliphatic rings. The second-order valence-electron chi connectivity index (χ2n) is 6.73. The molecule has 0 fully saturated rings. The fraction of sp³-hybridized carbons (Fsp3) is 0.0455. The van der Waals surface area contributed by atoms with Gasteiger partial charge < -0.3 is 10.1 Å². The van der Waals surface area contributed by atoms with E-state index < -0.39 is 10.8 Å². The zero-order valence-electron chi connectivity index (χ0n) is 17.0. The number of nitrogens with one attached hydrogen (secondary N) is 2. The van der Waals surface area contributed by atoms with Crippen molar-refractivity contribution in [1.82, 2.24) is 10.3 Å². The van der Waals surface area contributed by atoms with Crippen LogP contribution in [0, 0.1) is 10.1 Å². The monoisotopic (exact) mass is 498 g/mol. The van der Waals surface area contributed by atoms with Crippen LogP contribution in [0.15, 0.2) is 60.7 Å². The van der Waals surface area contributed by atoms with Gasteiger partial charge in [0.25, 0.3) is 5.91 Å². The number of anilines is 1. The zero-order valence-corrected chi connectivity index (χ0v) is 19.4. The first-order chi connectivity index (χ1) is 15.9. The summed E-state index contributed by atoms with van der Waals surface area (Å²) in [5.41, 5.74) is 2.00. The van der Waals surface area contributed by atoms with E-state index in [1.54, 1.807) is 23.5 Å². The third-order valence-electron chi connectivity index (χ3n) is 4.62. The number of ether oxygens (including phenoxy) is 1. The lowest BCUT2D eigenvalue weighted by Crippen LogP contribution is -2.34. The molecule has 1 heterocycles. The highest BCUT2D eigenvalue weighted by atomic mass is 35.5. The number of benzene rings is 3. The average molecular weight is 499 g/mol. The Labute approximate surface area is 202 Å². The third kappa shape index (κ3) is 4.92. The molecule has 3 aromatic carbocycles. The number of nitro groups is 1. The van der Waals surface area contributed by atoms with Gasteiger partial charge in [0, 0.05) is 22.9 Å². The number of thiocarbonyl (C=S) groups is 1. The number of rotatable bonds is 5. The molecule has 0 spiro atoms. The molecule has 1 amide bonds. The van der Waals surface area contributed by atoms with Gasteiger partial charge in [-0.1, -0.05) is 23.7 Å². The minimum atomic E-state index is -0.624. The summed E-state index contributed by atoms with van der Waals surface area (Å²) in [6.45, 7) is 0. The molecule has 0 saturated carbocycles. The van der Waals surface area contributed by atoms with Crippen LogP contribution in [0.5, 0.6) is 5.75 Å². The lowest BCUT2D eigenvalue weighted by molar-refractivity contribution is -0.385. The van der Waals surface area contributed by atoms with Crippen molar-refractivity contribution in [3.05, 3.63) is 81.4 Å². The minimum Gasteiger partial charge on any atom is -0.490 e. The molecule has 11 heteroatoms. The summed E-state index contributed by atoms with van der Waals surface area (Å²) in [7, 11) is 1.31. The number of nitrogens with zero attached hydrogens (tertiary/aromatic N) is 2. The second kappa shape index (κ2) is 9.49. The van der Waals surface area contributed by atoms with Crippen LogP contribution in [0.4, 0.5) is 11.4 Å². The number of hydrogen-bond acceptors (Lipinski definition) is 7. The van der Waals surface area contributed by atoms with Gasteiger partial charge in [0.1, 0.15) is 5.01 Å². The predicted octanol–water partition coefficient (Wildman–Crippen LogP) is 5.66. The van der Waals surface area contributed by atoms with Crippen molar-refractivity contribution in [2.45, 2.75) is 0 Å². The Morgan fingerprint density at radius 3 is 2.67 bits per heavy atom. The normalized spacial score (nSPS) is 10.6. The predicted molar refractivity (Wildman–Crippen MR) is 133 cm³/mol. The summed E-state index contributed by atoms with van der Waals surface area (Å²) >= 11 is 13.2. The van der Waals surface area contributed by atoms with E-state index in [9.17, 15) is 14.9 Å². The lowest BCUT2D eigenvalue weighted by atomic mass is 10.1. The van der Waals surface area contributed by atoms with Crippen LogP contribution in [0.25, 0.3) is 20.8 Å². The van der Waals surface area contributed by atoms with Crippen LogP contribution < -0.4 is 15.4 Å². The van der Waals surface area contributed by atoms with E-state index in [2.05, 4.69) is 15.6 Å². The van der Waals surface area contributed by atoms with Gasteiger partial charge >= 0.3 is 5.69 Å². The van der Waals surface area contributed by atoms with Crippen LogP contribution in [0.1, 0.15) is 10.4 Å². The fourth-order valence-corrected chi connectivity index (χ4v) is 4.61. The van der Waals surface area contributed by atoms with E-state index in [0.717, 1.165) is 26.9 Å². The lowest BCUT2D eigenvalue weighted by Gasteiger charge is -2.11. The number of nitro benzene ring substituents is 1. The van der Waals surface area contributed by atoms with Crippen molar-refractivity contribution in [2.24, 2.45) is 0 Å². The van der Waals surface area contributed by atoms with Gasteiger partial charge in [-0.2, -0.15) is 0 Å². The van der Waals surface area contributed by atoms with Crippen molar-refractivity contribution in [2.75, 3.05) is 12.4 Å². The first-order valence-corrected chi connectivity index (χ1v) is 11.1. The standard InChI is InChI=1S/C22H15ClN4O4S2/c1-31-18-9-6-12(10-17(18)27(29)30)20(28)26-22(32)24-13-7-8-14(15(23)11-13)21-25-16-4-2-3-5-19(16)33-21/h2-11H,1H3,(H2,24,26,28,32). The van der Waals surface area contributed by atoms with Crippen LogP contribution >= 0.6 is 35.2 Å². The molecule has 0 aliphatic carbocycles. The van der Waals surface area contributed by atoms with Gasteiger partial charge in [-0.05, 0) is 54.7 Å². The maximum absolute atomic E-state index is 12.5. The molecule has 0 aliphatic heterocycles. The van der Waals surface area contributed by atoms with Crippen LogP contribution in [-0.4, -0.2) is 28.0 Å². The highest BCUT2D eigenvalue weighted by Gasteiger charge is 2.19. The summed E-state index contributed by atoms with van der Waals surface area (Å²) in [5.74, 6) is -0.546. The van der Waals surface area contributed by atoms with Crippen LogP contribution in [-0.2, 0) is 0 Å². The van der Waals surface area contributed by atoms with E-state index in [4.69, 9.17) is 28.6 Å².